The van der Waals surface area contributed by atoms with Crippen molar-refractivity contribution in [1.29, 1.82) is 0 Å². The highest BCUT2D eigenvalue weighted by Crippen LogP contribution is 2.23. The third-order valence-electron chi connectivity index (χ3n) is 1.95. The van der Waals surface area contributed by atoms with Crippen molar-refractivity contribution in [2.75, 3.05) is 0 Å². The van der Waals surface area contributed by atoms with Crippen molar-refractivity contribution in [3.05, 3.63) is 35.3 Å². The summed E-state index contributed by atoms with van der Waals surface area (Å²) in [4.78, 5) is 0. The van der Waals surface area contributed by atoms with Crippen molar-refractivity contribution in [2.24, 2.45) is 5.73 Å². The minimum atomic E-state index is -0.0950. The number of nitrogens with two attached hydrogens (primary N) is 1. The fraction of sp³-hybridized carbons (Fsp3) is 0.400. The first-order valence-corrected chi connectivity index (χ1v) is 4.00. The van der Waals surface area contributed by atoms with Crippen LogP contribution in [0.15, 0.2) is 22.6 Å². The summed E-state index contributed by atoms with van der Waals surface area (Å²) in [5.74, 6) is 1.79. The third kappa shape index (κ3) is 1.59. The lowest BCUT2D eigenvalue weighted by atomic mass is 10.0. The Labute approximate surface area is 73.1 Å². The van der Waals surface area contributed by atoms with Gasteiger partial charge in [-0.3, -0.25) is 0 Å². The summed E-state index contributed by atoms with van der Waals surface area (Å²) in [6.07, 6.45) is 0. The van der Waals surface area contributed by atoms with Crippen molar-refractivity contribution in [3.63, 3.8) is 0 Å². The summed E-state index contributed by atoms with van der Waals surface area (Å²) >= 11 is 0. The molecular weight excluding hydrogens is 150 g/mol. The average molecular weight is 165 g/mol. The molecule has 1 unspecified atom stereocenters. The SMILES string of the molecule is C=C(C)C(N)c1cc(C)oc1C. The van der Waals surface area contributed by atoms with Crippen LogP contribution >= 0.6 is 0 Å². The first kappa shape index (κ1) is 9.07. The molecule has 0 saturated heterocycles. The maximum absolute atomic E-state index is 5.89. The van der Waals surface area contributed by atoms with Crippen LogP contribution in [0.1, 0.15) is 30.0 Å². The van der Waals surface area contributed by atoms with Gasteiger partial charge in [0.25, 0.3) is 0 Å². The van der Waals surface area contributed by atoms with Crippen molar-refractivity contribution in [1.82, 2.24) is 0 Å². The quantitative estimate of drug-likeness (QED) is 0.684. The molecular formula is C10H15NO. The van der Waals surface area contributed by atoms with E-state index in [0.717, 1.165) is 22.7 Å². The Kier molecular flexibility index (Phi) is 2.38. The lowest BCUT2D eigenvalue weighted by Crippen LogP contribution is -2.10. The summed E-state index contributed by atoms with van der Waals surface area (Å²) in [6.45, 7) is 9.58. The summed E-state index contributed by atoms with van der Waals surface area (Å²) in [5.41, 5.74) is 7.89. The Morgan fingerprint density at radius 2 is 2.17 bits per heavy atom. The van der Waals surface area contributed by atoms with E-state index in [-0.39, 0.29) is 6.04 Å². The molecule has 0 aliphatic rings. The predicted octanol–water partition coefficient (Wildman–Crippen LogP) is 2.47. The first-order valence-electron chi connectivity index (χ1n) is 4.00. The molecule has 0 amide bonds. The fourth-order valence-corrected chi connectivity index (χ4v) is 1.22. The van der Waals surface area contributed by atoms with Crippen LogP contribution in [0.3, 0.4) is 0 Å². The lowest BCUT2D eigenvalue weighted by molar-refractivity contribution is 0.499. The molecule has 0 radical (unpaired) electrons. The van der Waals surface area contributed by atoms with Crippen LogP contribution in [0.2, 0.25) is 0 Å². The van der Waals surface area contributed by atoms with E-state index in [2.05, 4.69) is 6.58 Å². The van der Waals surface area contributed by atoms with Gasteiger partial charge in [0.05, 0.1) is 6.04 Å². The van der Waals surface area contributed by atoms with E-state index in [0.29, 0.717) is 0 Å². The Hall–Kier alpha value is -1.02. The summed E-state index contributed by atoms with van der Waals surface area (Å²) in [6, 6.07) is 1.87. The van der Waals surface area contributed by atoms with E-state index in [1.807, 2.05) is 26.8 Å². The topological polar surface area (TPSA) is 39.2 Å². The standard InChI is InChI=1S/C10H15NO/c1-6(2)10(11)9-5-7(3)12-8(9)4/h5,10H,1,11H2,2-4H3. The molecule has 0 aromatic carbocycles. The van der Waals surface area contributed by atoms with Crippen molar-refractivity contribution >= 4 is 0 Å². The van der Waals surface area contributed by atoms with Gasteiger partial charge in [0.1, 0.15) is 11.5 Å². The second kappa shape index (κ2) is 3.15. The van der Waals surface area contributed by atoms with Crippen molar-refractivity contribution in [3.8, 4) is 0 Å². The zero-order valence-electron chi connectivity index (χ0n) is 7.85. The number of hydrogen-bond donors (Lipinski definition) is 1. The molecule has 0 spiro atoms. The normalized spacial score (nSPS) is 13.0. The maximum Gasteiger partial charge on any atom is 0.106 e. The molecule has 0 fully saturated rings. The smallest absolute Gasteiger partial charge is 0.106 e. The van der Waals surface area contributed by atoms with Crippen LogP contribution in [-0.2, 0) is 0 Å². The van der Waals surface area contributed by atoms with Gasteiger partial charge in [-0.15, -0.1) is 0 Å². The zero-order chi connectivity index (χ0) is 9.30. The van der Waals surface area contributed by atoms with Gasteiger partial charge in [-0.1, -0.05) is 12.2 Å². The molecule has 0 bridgehead atoms. The maximum atomic E-state index is 5.89. The lowest BCUT2D eigenvalue weighted by Gasteiger charge is -2.08. The molecule has 1 aromatic heterocycles. The van der Waals surface area contributed by atoms with Crippen LogP contribution < -0.4 is 5.73 Å². The third-order valence-corrected chi connectivity index (χ3v) is 1.95. The summed E-state index contributed by atoms with van der Waals surface area (Å²) in [7, 11) is 0. The average Bonchev–Trinajstić information content (AvgIpc) is 2.28. The van der Waals surface area contributed by atoms with E-state index < -0.39 is 0 Å². The highest BCUT2D eigenvalue weighted by molar-refractivity contribution is 5.29. The van der Waals surface area contributed by atoms with Gasteiger partial charge in [0, 0.05) is 5.56 Å². The molecule has 0 aliphatic heterocycles. The summed E-state index contributed by atoms with van der Waals surface area (Å²) < 4.78 is 5.36. The van der Waals surface area contributed by atoms with Gasteiger partial charge < -0.3 is 10.2 Å². The largest absolute Gasteiger partial charge is 0.466 e. The molecule has 2 nitrogen and oxygen atoms in total. The monoisotopic (exact) mass is 165 g/mol. The molecule has 66 valence electrons. The summed E-state index contributed by atoms with van der Waals surface area (Å²) in [5, 5.41) is 0. The van der Waals surface area contributed by atoms with E-state index >= 15 is 0 Å². The Morgan fingerprint density at radius 3 is 2.50 bits per heavy atom. The minimum absolute atomic E-state index is 0.0950. The van der Waals surface area contributed by atoms with Crippen LogP contribution in [0.25, 0.3) is 0 Å². The highest BCUT2D eigenvalue weighted by Gasteiger charge is 2.12. The molecule has 2 N–H and O–H groups in total. The minimum Gasteiger partial charge on any atom is -0.466 e. The van der Waals surface area contributed by atoms with Crippen molar-refractivity contribution in [2.45, 2.75) is 26.8 Å². The Bertz CT molecular complexity index is 299. The molecule has 1 atom stereocenters. The Balaban J connectivity index is 3.02. The second-order valence-electron chi connectivity index (χ2n) is 3.19. The van der Waals surface area contributed by atoms with Gasteiger partial charge in [0.2, 0.25) is 0 Å². The molecule has 1 heterocycles. The van der Waals surface area contributed by atoms with Gasteiger partial charge in [0.15, 0.2) is 0 Å². The molecule has 12 heavy (non-hydrogen) atoms. The van der Waals surface area contributed by atoms with E-state index in [4.69, 9.17) is 10.2 Å². The highest BCUT2D eigenvalue weighted by atomic mass is 16.3. The molecule has 0 saturated carbocycles. The number of hydrogen-bond acceptors (Lipinski definition) is 2. The van der Waals surface area contributed by atoms with Gasteiger partial charge in [-0.25, -0.2) is 0 Å². The molecule has 0 aliphatic carbocycles. The number of aryl methyl sites for hydroxylation is 2. The fourth-order valence-electron chi connectivity index (χ4n) is 1.22. The van der Waals surface area contributed by atoms with E-state index in [9.17, 15) is 0 Å². The second-order valence-corrected chi connectivity index (χ2v) is 3.19. The van der Waals surface area contributed by atoms with Gasteiger partial charge in [-0.2, -0.15) is 0 Å². The van der Waals surface area contributed by atoms with Gasteiger partial charge in [-0.05, 0) is 26.8 Å². The number of furan rings is 1. The van der Waals surface area contributed by atoms with Crippen LogP contribution in [-0.4, -0.2) is 0 Å². The molecule has 1 aromatic rings. The van der Waals surface area contributed by atoms with Crippen LogP contribution in [0.5, 0.6) is 0 Å². The first-order chi connectivity index (χ1) is 5.52. The van der Waals surface area contributed by atoms with Gasteiger partial charge >= 0.3 is 0 Å². The number of rotatable bonds is 2. The van der Waals surface area contributed by atoms with Crippen LogP contribution in [0, 0.1) is 13.8 Å². The van der Waals surface area contributed by atoms with E-state index in [1.165, 1.54) is 0 Å². The Morgan fingerprint density at radius 1 is 1.58 bits per heavy atom. The molecule has 2 heteroatoms. The van der Waals surface area contributed by atoms with Crippen LogP contribution in [0.4, 0.5) is 0 Å². The van der Waals surface area contributed by atoms with E-state index in [1.54, 1.807) is 0 Å². The van der Waals surface area contributed by atoms with Crippen molar-refractivity contribution < 1.29 is 4.42 Å². The predicted molar refractivity (Wildman–Crippen MR) is 49.9 cm³/mol. The zero-order valence-corrected chi connectivity index (χ0v) is 7.85. The molecule has 1 rings (SSSR count).